The molecule has 0 aliphatic rings. The Morgan fingerprint density at radius 2 is 1.43 bits per heavy atom. The van der Waals surface area contributed by atoms with Crippen LogP contribution in [0.25, 0.3) is 11.0 Å². The van der Waals surface area contributed by atoms with Gasteiger partial charge in [0.1, 0.15) is 5.82 Å². The van der Waals surface area contributed by atoms with E-state index >= 15 is 0 Å². The van der Waals surface area contributed by atoms with E-state index in [0.717, 1.165) is 29.8 Å². The number of unbranched alkanes of at least 4 members (excludes halogenated alkanes) is 9. The third-order valence-corrected chi connectivity index (χ3v) is 6.80. The number of amides is 1. The van der Waals surface area contributed by atoms with Gasteiger partial charge >= 0.3 is 0 Å². The van der Waals surface area contributed by atoms with E-state index in [1.807, 2.05) is 18.2 Å². The molecule has 1 heterocycles. The Kier molecular flexibility index (Phi) is 11.6. The second-order valence-corrected chi connectivity index (χ2v) is 9.45. The molecule has 1 aromatic heterocycles. The first kappa shape index (κ1) is 28.4. The number of fused-ring (bicyclic) bond motifs is 1. The molecule has 0 saturated carbocycles. The maximum absolute atomic E-state index is 13.0. The fourth-order valence-corrected chi connectivity index (χ4v) is 4.74. The van der Waals surface area contributed by atoms with E-state index in [0.29, 0.717) is 29.4 Å². The number of imidazole rings is 1. The number of ether oxygens (including phenoxy) is 3. The summed E-state index contributed by atoms with van der Waals surface area (Å²) >= 11 is 0. The van der Waals surface area contributed by atoms with Crippen molar-refractivity contribution >= 4 is 16.9 Å². The molecule has 0 radical (unpaired) electrons. The highest BCUT2D eigenvalue weighted by molar-refractivity contribution is 5.95. The summed E-state index contributed by atoms with van der Waals surface area (Å²) in [6.45, 7) is 3.49. The monoisotopic (exact) mass is 509 g/mol. The van der Waals surface area contributed by atoms with Crippen molar-refractivity contribution in [2.24, 2.45) is 0 Å². The van der Waals surface area contributed by atoms with Crippen LogP contribution in [0.4, 0.5) is 0 Å². The van der Waals surface area contributed by atoms with Gasteiger partial charge in [-0.15, -0.1) is 0 Å². The quantitative estimate of drug-likeness (QED) is 0.200. The number of para-hydroxylation sites is 2. The van der Waals surface area contributed by atoms with Gasteiger partial charge in [-0.25, -0.2) is 4.98 Å². The molecule has 0 aliphatic heterocycles. The number of nitrogens with one attached hydrogen (secondary N) is 1. The van der Waals surface area contributed by atoms with E-state index in [-0.39, 0.29) is 5.91 Å². The van der Waals surface area contributed by atoms with Crippen LogP contribution in [-0.4, -0.2) is 36.8 Å². The molecule has 3 aromatic rings. The molecule has 0 aliphatic carbocycles. The van der Waals surface area contributed by atoms with E-state index in [1.165, 1.54) is 72.0 Å². The number of methoxy groups -OCH3 is 3. The van der Waals surface area contributed by atoms with Crippen molar-refractivity contribution in [3.63, 3.8) is 0 Å². The predicted molar refractivity (Wildman–Crippen MR) is 149 cm³/mol. The zero-order valence-electron chi connectivity index (χ0n) is 23.0. The molecule has 7 nitrogen and oxygen atoms in total. The van der Waals surface area contributed by atoms with Crippen molar-refractivity contribution in [1.82, 2.24) is 14.9 Å². The number of aromatic nitrogens is 2. The maximum Gasteiger partial charge on any atom is 0.251 e. The zero-order valence-corrected chi connectivity index (χ0v) is 23.0. The van der Waals surface area contributed by atoms with E-state index in [9.17, 15) is 4.79 Å². The van der Waals surface area contributed by atoms with Gasteiger partial charge in [0.2, 0.25) is 5.75 Å². The summed E-state index contributed by atoms with van der Waals surface area (Å²) in [7, 11) is 4.61. The molecular formula is C30H43N3O4. The largest absolute Gasteiger partial charge is 0.493 e. The molecule has 1 amide bonds. The van der Waals surface area contributed by atoms with Gasteiger partial charge in [-0.2, -0.15) is 0 Å². The van der Waals surface area contributed by atoms with Crippen molar-refractivity contribution in [3.05, 3.63) is 47.8 Å². The Bertz CT molecular complexity index is 1100. The minimum Gasteiger partial charge on any atom is -0.493 e. The lowest BCUT2D eigenvalue weighted by molar-refractivity contribution is 0.0948. The molecule has 0 spiro atoms. The van der Waals surface area contributed by atoms with Crippen molar-refractivity contribution in [3.8, 4) is 17.2 Å². The first-order chi connectivity index (χ1) is 18.1. The second kappa shape index (κ2) is 15.1. The van der Waals surface area contributed by atoms with Crippen molar-refractivity contribution < 1.29 is 19.0 Å². The number of carbonyl (C=O) groups is 1. The molecule has 0 bridgehead atoms. The lowest BCUT2D eigenvalue weighted by Gasteiger charge is -2.14. The Morgan fingerprint density at radius 1 is 0.838 bits per heavy atom. The molecule has 0 unspecified atom stereocenters. The highest BCUT2D eigenvalue weighted by atomic mass is 16.5. The molecule has 0 saturated heterocycles. The Morgan fingerprint density at radius 3 is 2.03 bits per heavy atom. The van der Waals surface area contributed by atoms with E-state index in [1.54, 1.807) is 19.2 Å². The minimum atomic E-state index is -0.225. The van der Waals surface area contributed by atoms with Crippen LogP contribution in [0.2, 0.25) is 0 Å². The lowest BCUT2D eigenvalue weighted by Crippen LogP contribution is -2.25. The highest BCUT2D eigenvalue weighted by Crippen LogP contribution is 2.38. The zero-order chi connectivity index (χ0) is 26.5. The van der Waals surface area contributed by atoms with Crippen LogP contribution < -0.4 is 19.5 Å². The molecule has 1 N–H and O–H groups in total. The van der Waals surface area contributed by atoms with Gasteiger partial charge in [-0.3, -0.25) is 4.79 Å². The third kappa shape index (κ3) is 7.88. The average Bonchev–Trinajstić information content (AvgIpc) is 3.29. The lowest BCUT2D eigenvalue weighted by atomic mass is 10.1. The van der Waals surface area contributed by atoms with Crippen molar-refractivity contribution in [1.29, 1.82) is 0 Å². The summed E-state index contributed by atoms with van der Waals surface area (Å²) in [5.74, 6) is 1.98. The van der Waals surface area contributed by atoms with Gasteiger partial charge in [0, 0.05) is 12.1 Å². The van der Waals surface area contributed by atoms with E-state index < -0.39 is 0 Å². The van der Waals surface area contributed by atoms with Gasteiger partial charge in [-0.1, -0.05) is 76.8 Å². The number of hydrogen-bond acceptors (Lipinski definition) is 5. The van der Waals surface area contributed by atoms with Crippen LogP contribution in [-0.2, 0) is 13.1 Å². The van der Waals surface area contributed by atoms with Gasteiger partial charge in [-0.05, 0) is 30.7 Å². The molecule has 37 heavy (non-hydrogen) atoms. The summed E-state index contributed by atoms with van der Waals surface area (Å²) in [5.41, 5.74) is 2.49. The van der Waals surface area contributed by atoms with Gasteiger partial charge in [0.05, 0.1) is 38.9 Å². The van der Waals surface area contributed by atoms with Crippen LogP contribution in [0.3, 0.4) is 0 Å². The fraction of sp³-hybridized carbons (Fsp3) is 0.533. The van der Waals surface area contributed by atoms with Crippen LogP contribution >= 0.6 is 0 Å². The van der Waals surface area contributed by atoms with Gasteiger partial charge < -0.3 is 24.1 Å². The average molecular weight is 510 g/mol. The molecule has 3 rings (SSSR count). The number of benzene rings is 2. The molecule has 202 valence electrons. The first-order valence-corrected chi connectivity index (χ1v) is 13.6. The van der Waals surface area contributed by atoms with Crippen LogP contribution in [0.1, 0.15) is 87.3 Å². The molecule has 7 heteroatoms. The number of hydrogen-bond donors (Lipinski definition) is 1. The maximum atomic E-state index is 13.0. The normalized spacial score (nSPS) is 11.0. The van der Waals surface area contributed by atoms with E-state index in [4.69, 9.17) is 19.2 Å². The van der Waals surface area contributed by atoms with Gasteiger partial charge in [0.25, 0.3) is 5.91 Å². The predicted octanol–water partition coefficient (Wildman–Crippen LogP) is 6.91. The number of carbonyl (C=O) groups excluding carboxylic acids is 1. The smallest absolute Gasteiger partial charge is 0.251 e. The van der Waals surface area contributed by atoms with Gasteiger partial charge in [0.15, 0.2) is 11.5 Å². The molecular weight excluding hydrogens is 466 g/mol. The fourth-order valence-electron chi connectivity index (χ4n) is 4.74. The SMILES string of the molecule is CCCCCCCCCCCCn1c(CNC(=O)c2cc(OC)c(OC)c(OC)c2)nc2ccccc21. The number of nitrogens with zero attached hydrogens (tertiary/aromatic N) is 2. The van der Waals surface area contributed by atoms with E-state index in [2.05, 4.69) is 22.9 Å². The minimum absolute atomic E-state index is 0.225. The molecule has 2 aromatic carbocycles. The summed E-state index contributed by atoms with van der Waals surface area (Å²) in [6.07, 6.45) is 13.0. The Balaban J connectivity index is 1.59. The Labute approximate surface area is 221 Å². The summed E-state index contributed by atoms with van der Waals surface area (Å²) in [4.78, 5) is 17.8. The van der Waals surface area contributed by atoms with Crippen molar-refractivity contribution in [2.75, 3.05) is 21.3 Å². The first-order valence-electron chi connectivity index (χ1n) is 13.6. The standard InChI is InChI=1S/C30H43N3O4/c1-5-6-7-8-9-10-11-12-13-16-19-33-25-18-15-14-17-24(25)32-28(33)22-31-30(34)23-20-26(35-2)29(37-4)27(21-23)36-3/h14-15,17-18,20-21H,5-13,16,19,22H2,1-4H3,(H,31,34). The second-order valence-electron chi connectivity index (χ2n) is 9.45. The highest BCUT2D eigenvalue weighted by Gasteiger charge is 2.18. The van der Waals surface area contributed by atoms with Crippen LogP contribution in [0, 0.1) is 0 Å². The third-order valence-electron chi connectivity index (χ3n) is 6.80. The number of rotatable bonds is 17. The Hall–Kier alpha value is -3.22. The van der Waals surface area contributed by atoms with Crippen molar-refractivity contribution in [2.45, 2.75) is 84.2 Å². The summed E-state index contributed by atoms with van der Waals surface area (Å²) < 4.78 is 18.4. The van der Waals surface area contributed by atoms with Crippen LogP contribution in [0.5, 0.6) is 17.2 Å². The topological polar surface area (TPSA) is 74.6 Å². The molecule has 0 fully saturated rings. The van der Waals surface area contributed by atoms with Crippen LogP contribution in [0.15, 0.2) is 36.4 Å². The molecule has 0 atom stereocenters. The summed E-state index contributed by atoms with van der Waals surface area (Å²) in [5, 5.41) is 3.02. The number of aryl methyl sites for hydroxylation is 1. The summed E-state index contributed by atoms with van der Waals surface area (Å²) in [6, 6.07) is 11.5.